The van der Waals surface area contributed by atoms with Crippen molar-refractivity contribution in [3.05, 3.63) is 23.8 Å². The van der Waals surface area contributed by atoms with Gasteiger partial charge in [0.15, 0.2) is 5.84 Å². The lowest BCUT2D eigenvalue weighted by molar-refractivity contribution is -0.125. The fourth-order valence-corrected chi connectivity index (χ4v) is 2.65. The predicted octanol–water partition coefficient (Wildman–Crippen LogP) is 1.92. The van der Waals surface area contributed by atoms with Gasteiger partial charge < -0.3 is 21.2 Å². The minimum Gasteiger partial charge on any atom is -0.409 e. The van der Waals surface area contributed by atoms with E-state index in [2.05, 4.69) is 10.5 Å². The molecule has 0 aromatic heterocycles. The van der Waals surface area contributed by atoms with Crippen LogP contribution in [-0.4, -0.2) is 31.0 Å². The van der Waals surface area contributed by atoms with Crippen molar-refractivity contribution in [1.29, 1.82) is 0 Å². The number of amides is 1. The number of carbonyl (C=O) groups is 1. The smallest absolute Gasteiger partial charge is 0.238 e. The zero-order chi connectivity index (χ0) is 15.6. The zero-order valence-corrected chi connectivity index (χ0v) is 12.7. The van der Waals surface area contributed by atoms with Gasteiger partial charge in [0.1, 0.15) is 5.41 Å². The molecule has 1 aliphatic rings. The van der Waals surface area contributed by atoms with Crippen molar-refractivity contribution in [3.63, 3.8) is 0 Å². The minimum atomic E-state index is -0.863. The molecule has 1 saturated carbocycles. The van der Waals surface area contributed by atoms with Gasteiger partial charge in [-0.15, -0.1) is 0 Å². The van der Waals surface area contributed by atoms with E-state index < -0.39 is 5.41 Å². The summed E-state index contributed by atoms with van der Waals surface area (Å²) in [6, 6.07) is 5.74. The summed E-state index contributed by atoms with van der Waals surface area (Å²) in [6.45, 7) is 2.02. The molecule has 0 radical (unpaired) electrons. The highest BCUT2D eigenvalue weighted by Gasteiger charge is 2.48. The van der Waals surface area contributed by atoms with E-state index >= 15 is 0 Å². The molecule has 0 unspecified atom stereocenters. The Morgan fingerprint density at radius 2 is 2.10 bits per heavy atom. The Kier molecular flexibility index (Phi) is 4.06. The van der Waals surface area contributed by atoms with E-state index in [0.717, 1.165) is 17.7 Å². The maximum atomic E-state index is 12.5. The summed E-state index contributed by atoms with van der Waals surface area (Å²) >= 11 is 0. The lowest BCUT2D eigenvalue weighted by Crippen LogP contribution is -2.51. The van der Waals surface area contributed by atoms with Crippen molar-refractivity contribution in [2.75, 3.05) is 24.3 Å². The lowest BCUT2D eigenvalue weighted by Gasteiger charge is -2.38. The quantitative estimate of drug-likeness (QED) is 0.342. The highest BCUT2D eigenvalue weighted by Crippen LogP contribution is 2.42. The van der Waals surface area contributed by atoms with Crippen LogP contribution in [0.3, 0.4) is 0 Å². The molecular weight excluding hydrogens is 268 g/mol. The van der Waals surface area contributed by atoms with Crippen LogP contribution in [0.5, 0.6) is 0 Å². The van der Waals surface area contributed by atoms with E-state index in [0.29, 0.717) is 18.5 Å². The largest absolute Gasteiger partial charge is 0.409 e. The fourth-order valence-electron chi connectivity index (χ4n) is 2.65. The van der Waals surface area contributed by atoms with Crippen LogP contribution in [0.4, 0.5) is 11.4 Å². The number of benzene rings is 1. The Bertz CT molecular complexity index is 577. The van der Waals surface area contributed by atoms with E-state index in [1.54, 1.807) is 0 Å². The highest BCUT2D eigenvalue weighted by atomic mass is 16.4. The number of nitrogens with zero attached hydrogens (tertiary/aromatic N) is 2. The van der Waals surface area contributed by atoms with E-state index in [-0.39, 0.29) is 11.7 Å². The van der Waals surface area contributed by atoms with Crippen molar-refractivity contribution < 1.29 is 10.0 Å². The molecule has 4 N–H and O–H groups in total. The van der Waals surface area contributed by atoms with E-state index in [4.69, 9.17) is 10.9 Å². The SMILES string of the molecule is Cc1ccc(NC(=O)C2(/C(N)=N/O)CCC2)cc1N(C)C. The topological polar surface area (TPSA) is 91.0 Å². The summed E-state index contributed by atoms with van der Waals surface area (Å²) in [7, 11) is 3.91. The second-order valence-corrected chi connectivity index (χ2v) is 5.77. The van der Waals surface area contributed by atoms with Crippen LogP contribution in [0.15, 0.2) is 23.4 Å². The first-order chi connectivity index (χ1) is 9.90. The molecule has 1 aliphatic carbocycles. The summed E-state index contributed by atoms with van der Waals surface area (Å²) in [6.07, 6.45) is 2.13. The van der Waals surface area contributed by atoms with Gasteiger partial charge >= 0.3 is 0 Å². The van der Waals surface area contributed by atoms with Gasteiger partial charge in [0, 0.05) is 25.5 Å². The van der Waals surface area contributed by atoms with Gasteiger partial charge in [0.2, 0.25) is 5.91 Å². The Labute approximate surface area is 124 Å². The molecule has 6 heteroatoms. The summed E-state index contributed by atoms with van der Waals surface area (Å²) in [5.41, 5.74) is 7.73. The van der Waals surface area contributed by atoms with Crippen LogP contribution in [0.25, 0.3) is 0 Å². The molecule has 21 heavy (non-hydrogen) atoms. The highest BCUT2D eigenvalue weighted by molar-refractivity contribution is 6.12. The van der Waals surface area contributed by atoms with E-state index in [9.17, 15) is 4.79 Å². The molecule has 0 aliphatic heterocycles. The normalized spacial score (nSPS) is 17.0. The number of carbonyl (C=O) groups excluding carboxylic acids is 1. The van der Waals surface area contributed by atoms with E-state index in [1.807, 2.05) is 44.1 Å². The second kappa shape index (κ2) is 5.63. The van der Waals surface area contributed by atoms with Gasteiger partial charge in [0.25, 0.3) is 0 Å². The van der Waals surface area contributed by atoms with Crippen molar-refractivity contribution >= 4 is 23.1 Å². The number of anilines is 2. The van der Waals surface area contributed by atoms with Crippen LogP contribution >= 0.6 is 0 Å². The molecule has 6 nitrogen and oxygen atoms in total. The molecule has 0 heterocycles. The molecule has 2 rings (SSSR count). The van der Waals surface area contributed by atoms with Crippen molar-refractivity contribution in [1.82, 2.24) is 0 Å². The maximum absolute atomic E-state index is 12.5. The van der Waals surface area contributed by atoms with Gasteiger partial charge in [0.05, 0.1) is 0 Å². The van der Waals surface area contributed by atoms with Gasteiger partial charge in [-0.25, -0.2) is 0 Å². The first-order valence-electron chi connectivity index (χ1n) is 6.98. The van der Waals surface area contributed by atoms with Crippen LogP contribution in [-0.2, 0) is 4.79 Å². The summed E-state index contributed by atoms with van der Waals surface area (Å²) in [5.74, 6) is -0.219. The number of hydrogen-bond donors (Lipinski definition) is 3. The predicted molar refractivity (Wildman–Crippen MR) is 83.8 cm³/mol. The Balaban J connectivity index is 2.22. The van der Waals surface area contributed by atoms with Crippen molar-refractivity contribution in [2.45, 2.75) is 26.2 Å². The molecular formula is C15H22N4O2. The van der Waals surface area contributed by atoms with Crippen LogP contribution < -0.4 is 16.0 Å². The van der Waals surface area contributed by atoms with Crippen LogP contribution in [0, 0.1) is 12.3 Å². The van der Waals surface area contributed by atoms with E-state index in [1.165, 1.54) is 0 Å². The number of oxime groups is 1. The first-order valence-corrected chi connectivity index (χ1v) is 6.98. The molecule has 0 saturated heterocycles. The molecule has 1 fully saturated rings. The second-order valence-electron chi connectivity index (χ2n) is 5.77. The van der Waals surface area contributed by atoms with Crippen LogP contribution in [0.1, 0.15) is 24.8 Å². The standard InChI is InChI=1S/C15H22N4O2/c1-10-5-6-11(9-12(10)19(2)3)17-14(20)15(7-4-8-15)13(16)18-21/h5-6,9,21H,4,7-8H2,1-3H3,(H2,16,18)(H,17,20). The molecule has 0 spiro atoms. The molecule has 1 amide bonds. The van der Waals surface area contributed by atoms with Gasteiger partial charge in [-0.1, -0.05) is 17.6 Å². The Morgan fingerprint density at radius 3 is 2.57 bits per heavy atom. The van der Waals surface area contributed by atoms with Crippen LogP contribution in [0.2, 0.25) is 0 Å². The Hall–Kier alpha value is -2.24. The summed E-state index contributed by atoms with van der Waals surface area (Å²) in [4.78, 5) is 14.5. The van der Waals surface area contributed by atoms with Crippen molar-refractivity contribution in [3.8, 4) is 0 Å². The number of nitrogens with two attached hydrogens (primary N) is 1. The minimum absolute atomic E-state index is 0.00815. The average molecular weight is 290 g/mol. The molecule has 114 valence electrons. The number of nitrogens with one attached hydrogen (secondary N) is 1. The van der Waals surface area contributed by atoms with Gasteiger partial charge in [-0.05, 0) is 37.5 Å². The first kappa shape index (κ1) is 15.2. The van der Waals surface area contributed by atoms with Crippen molar-refractivity contribution in [2.24, 2.45) is 16.3 Å². The summed E-state index contributed by atoms with van der Waals surface area (Å²) in [5, 5.41) is 14.8. The zero-order valence-electron chi connectivity index (χ0n) is 12.7. The average Bonchev–Trinajstić information content (AvgIpc) is 2.39. The van der Waals surface area contributed by atoms with Gasteiger partial charge in [-0.3, -0.25) is 4.79 Å². The monoisotopic (exact) mass is 290 g/mol. The van der Waals surface area contributed by atoms with Gasteiger partial charge in [-0.2, -0.15) is 0 Å². The number of aryl methyl sites for hydroxylation is 1. The third-order valence-corrected chi connectivity index (χ3v) is 4.19. The number of hydrogen-bond acceptors (Lipinski definition) is 4. The third-order valence-electron chi connectivity index (χ3n) is 4.19. The molecule has 1 aromatic carbocycles. The molecule has 0 atom stereocenters. The lowest BCUT2D eigenvalue weighted by atomic mass is 9.67. The molecule has 1 aromatic rings. The number of rotatable bonds is 4. The number of amidine groups is 1. The Morgan fingerprint density at radius 1 is 1.43 bits per heavy atom. The third kappa shape index (κ3) is 2.66. The molecule has 0 bridgehead atoms. The maximum Gasteiger partial charge on any atom is 0.238 e. The fraction of sp³-hybridized carbons (Fsp3) is 0.467. The summed E-state index contributed by atoms with van der Waals surface area (Å²) < 4.78 is 0.